The molecule has 0 atom stereocenters. The topological polar surface area (TPSA) is 110 Å². The molecule has 108 valence electrons. The summed E-state index contributed by atoms with van der Waals surface area (Å²) in [6.45, 7) is 0.935. The second-order valence-electron chi connectivity index (χ2n) is 3.69. The molecule has 0 aliphatic heterocycles. The number of H-pyrrole nitrogens is 1. The molecule has 4 N–H and O–H groups in total. The summed E-state index contributed by atoms with van der Waals surface area (Å²) in [6, 6.07) is -0.775. The molecule has 1 rings (SSSR count). The third-order valence-electron chi connectivity index (χ3n) is 2.27. The summed E-state index contributed by atoms with van der Waals surface area (Å²) in [7, 11) is 0. The zero-order valence-corrected chi connectivity index (χ0v) is 11.0. The van der Waals surface area contributed by atoms with E-state index in [4.69, 9.17) is 5.73 Å². The number of aromatic nitrogens is 2. The number of carbonyl (C=O) groups excluding carboxylic acids is 1. The van der Waals surface area contributed by atoms with E-state index in [-0.39, 0.29) is 12.4 Å². The average molecular weight is 295 g/mol. The van der Waals surface area contributed by atoms with E-state index in [1.807, 2.05) is 0 Å². The molecule has 9 heteroatoms. The molecule has 0 aromatic carbocycles. The van der Waals surface area contributed by atoms with Crippen LogP contribution < -0.4 is 22.3 Å². The normalized spacial score (nSPS) is 9.79. The largest absolute Gasteiger partial charge is 0.337 e. The van der Waals surface area contributed by atoms with Crippen molar-refractivity contribution in [2.45, 2.75) is 19.3 Å². The molecule has 0 radical (unpaired) electrons. The van der Waals surface area contributed by atoms with Crippen molar-refractivity contribution in [1.82, 2.24) is 14.9 Å². The first-order valence-corrected chi connectivity index (χ1v) is 5.56. The number of unbranched alkanes of at least 4 members (excludes halogenated alkanes) is 2. The van der Waals surface area contributed by atoms with Crippen LogP contribution in [0.2, 0.25) is 0 Å². The SMILES string of the molecule is Cl.NCCCCCNC(=O)n1cc(F)c(=O)[nH]c1=O. The van der Waals surface area contributed by atoms with Crippen LogP contribution in [-0.2, 0) is 0 Å². The van der Waals surface area contributed by atoms with Crippen LogP contribution in [0.5, 0.6) is 0 Å². The van der Waals surface area contributed by atoms with Crippen molar-refractivity contribution in [2.24, 2.45) is 5.73 Å². The van der Waals surface area contributed by atoms with E-state index in [1.54, 1.807) is 4.98 Å². The summed E-state index contributed by atoms with van der Waals surface area (Å²) < 4.78 is 13.4. The smallest absolute Gasteiger partial charge is 0.336 e. The Balaban J connectivity index is 0.00000324. The Hall–Kier alpha value is -1.67. The number of nitrogens with zero attached hydrogens (tertiary/aromatic N) is 1. The molecular formula is C10H16ClFN4O3. The van der Waals surface area contributed by atoms with E-state index < -0.39 is 23.1 Å². The van der Waals surface area contributed by atoms with Crippen molar-refractivity contribution in [2.75, 3.05) is 13.1 Å². The number of amides is 1. The molecule has 19 heavy (non-hydrogen) atoms. The van der Waals surface area contributed by atoms with Crippen molar-refractivity contribution in [3.05, 3.63) is 32.9 Å². The average Bonchev–Trinajstić information content (AvgIpc) is 2.33. The summed E-state index contributed by atoms with van der Waals surface area (Å²) in [4.78, 5) is 35.2. The minimum atomic E-state index is -1.19. The molecule has 0 bridgehead atoms. The Labute approximate surface area is 114 Å². The molecular weight excluding hydrogens is 279 g/mol. The van der Waals surface area contributed by atoms with Gasteiger partial charge in [-0.15, -0.1) is 12.4 Å². The summed E-state index contributed by atoms with van der Waals surface area (Å²) in [5.41, 5.74) is 3.19. The maximum Gasteiger partial charge on any atom is 0.336 e. The van der Waals surface area contributed by atoms with E-state index in [0.717, 1.165) is 12.8 Å². The van der Waals surface area contributed by atoms with Gasteiger partial charge in [-0.1, -0.05) is 6.42 Å². The number of hydrogen-bond donors (Lipinski definition) is 3. The van der Waals surface area contributed by atoms with Crippen LogP contribution in [0.1, 0.15) is 19.3 Å². The highest BCUT2D eigenvalue weighted by molar-refractivity contribution is 5.85. The third kappa shape index (κ3) is 5.23. The van der Waals surface area contributed by atoms with Crippen molar-refractivity contribution < 1.29 is 9.18 Å². The molecule has 1 aromatic heterocycles. The number of carbonyl (C=O) groups is 1. The predicted molar refractivity (Wildman–Crippen MR) is 70.2 cm³/mol. The fourth-order valence-corrected chi connectivity index (χ4v) is 1.33. The quantitative estimate of drug-likeness (QED) is 0.652. The minimum Gasteiger partial charge on any atom is -0.337 e. The van der Waals surface area contributed by atoms with Gasteiger partial charge in [-0.05, 0) is 19.4 Å². The number of aromatic amines is 1. The van der Waals surface area contributed by atoms with Crippen LogP contribution in [0.3, 0.4) is 0 Å². The number of rotatable bonds is 5. The maximum atomic E-state index is 12.9. The molecule has 1 heterocycles. The van der Waals surface area contributed by atoms with Crippen LogP contribution in [0.15, 0.2) is 15.8 Å². The third-order valence-corrected chi connectivity index (χ3v) is 2.27. The second-order valence-corrected chi connectivity index (χ2v) is 3.69. The van der Waals surface area contributed by atoms with Crippen molar-refractivity contribution in [1.29, 1.82) is 0 Å². The number of nitrogens with two attached hydrogens (primary N) is 1. The molecule has 1 aromatic rings. The van der Waals surface area contributed by atoms with Gasteiger partial charge in [0.1, 0.15) is 0 Å². The van der Waals surface area contributed by atoms with E-state index in [0.29, 0.717) is 30.3 Å². The van der Waals surface area contributed by atoms with Crippen LogP contribution in [0.4, 0.5) is 9.18 Å². The fourth-order valence-electron chi connectivity index (χ4n) is 1.33. The summed E-state index contributed by atoms with van der Waals surface area (Å²) in [5, 5.41) is 2.44. The first kappa shape index (κ1) is 17.3. The van der Waals surface area contributed by atoms with Crippen molar-refractivity contribution in [3.8, 4) is 0 Å². The van der Waals surface area contributed by atoms with Gasteiger partial charge in [-0.2, -0.15) is 4.39 Å². The van der Waals surface area contributed by atoms with Crippen LogP contribution in [0.25, 0.3) is 0 Å². The maximum absolute atomic E-state index is 12.9. The molecule has 0 saturated carbocycles. The number of hydrogen-bond acceptors (Lipinski definition) is 4. The first-order valence-electron chi connectivity index (χ1n) is 5.56. The molecule has 0 aliphatic rings. The number of halogens is 2. The van der Waals surface area contributed by atoms with Gasteiger partial charge in [0.25, 0.3) is 5.56 Å². The standard InChI is InChI=1S/C10H15FN4O3.ClH/c11-7-6-15(10(18)14-8(7)16)9(17)13-5-3-1-2-4-12;/h6H,1-5,12H2,(H,13,17)(H,14,16,18);1H. The summed E-state index contributed by atoms with van der Waals surface area (Å²) >= 11 is 0. The molecule has 1 amide bonds. The molecule has 7 nitrogen and oxygen atoms in total. The van der Waals surface area contributed by atoms with Gasteiger partial charge in [0.15, 0.2) is 0 Å². The monoisotopic (exact) mass is 294 g/mol. The molecule has 0 spiro atoms. The highest BCUT2D eigenvalue weighted by Gasteiger charge is 2.09. The Bertz CT molecular complexity index is 528. The highest BCUT2D eigenvalue weighted by Crippen LogP contribution is 1.91. The van der Waals surface area contributed by atoms with Gasteiger partial charge in [0, 0.05) is 6.54 Å². The molecule has 0 saturated heterocycles. The lowest BCUT2D eigenvalue weighted by Gasteiger charge is -2.06. The Morgan fingerprint density at radius 2 is 2.05 bits per heavy atom. The van der Waals surface area contributed by atoms with E-state index in [1.165, 1.54) is 0 Å². The lowest BCUT2D eigenvalue weighted by molar-refractivity contribution is 0.240. The fraction of sp³-hybridized carbons (Fsp3) is 0.500. The van der Waals surface area contributed by atoms with Gasteiger partial charge in [-0.3, -0.25) is 9.78 Å². The molecule has 0 unspecified atom stereocenters. The van der Waals surface area contributed by atoms with Gasteiger partial charge in [0.2, 0.25) is 5.82 Å². The van der Waals surface area contributed by atoms with E-state index in [9.17, 15) is 18.8 Å². The Kier molecular flexibility index (Phi) is 7.69. The van der Waals surface area contributed by atoms with Crippen molar-refractivity contribution in [3.63, 3.8) is 0 Å². The van der Waals surface area contributed by atoms with Crippen LogP contribution in [0, 0.1) is 5.82 Å². The van der Waals surface area contributed by atoms with Gasteiger partial charge in [0.05, 0.1) is 6.20 Å². The lowest BCUT2D eigenvalue weighted by Crippen LogP contribution is -2.40. The summed E-state index contributed by atoms with van der Waals surface area (Å²) in [5.74, 6) is -1.19. The first-order chi connectivity index (χ1) is 8.56. The van der Waals surface area contributed by atoms with Gasteiger partial charge in [-0.25, -0.2) is 14.2 Å². The zero-order chi connectivity index (χ0) is 13.5. The van der Waals surface area contributed by atoms with Crippen LogP contribution >= 0.6 is 12.4 Å². The van der Waals surface area contributed by atoms with E-state index >= 15 is 0 Å². The van der Waals surface area contributed by atoms with E-state index in [2.05, 4.69) is 5.32 Å². The number of nitrogens with one attached hydrogen (secondary N) is 2. The zero-order valence-electron chi connectivity index (χ0n) is 10.1. The second kappa shape index (κ2) is 8.44. The van der Waals surface area contributed by atoms with Gasteiger partial charge < -0.3 is 11.1 Å². The summed E-state index contributed by atoms with van der Waals surface area (Å²) in [6.07, 6.45) is 2.98. The van der Waals surface area contributed by atoms with Crippen LogP contribution in [-0.4, -0.2) is 28.7 Å². The predicted octanol–water partition coefficient (Wildman–Crippen LogP) is -0.216. The van der Waals surface area contributed by atoms with Gasteiger partial charge >= 0.3 is 11.7 Å². The van der Waals surface area contributed by atoms with Crippen molar-refractivity contribution >= 4 is 18.4 Å². The minimum absolute atomic E-state index is 0. The Morgan fingerprint density at radius 3 is 2.68 bits per heavy atom. The lowest BCUT2D eigenvalue weighted by atomic mass is 10.2. The Morgan fingerprint density at radius 1 is 1.37 bits per heavy atom. The molecule has 0 aliphatic carbocycles. The molecule has 0 fully saturated rings. The highest BCUT2D eigenvalue weighted by atomic mass is 35.5.